The predicted octanol–water partition coefficient (Wildman–Crippen LogP) is 3.66. The predicted molar refractivity (Wildman–Crippen MR) is 73.4 cm³/mol. The Hall–Kier alpha value is -2.55. The number of aliphatic carboxylic acids is 1. The first-order valence-corrected chi connectivity index (χ1v) is 5.96. The number of carboxylic acid groups (broad SMARTS) is 1. The number of ether oxygens (including phenoxy) is 1. The molecule has 0 aliphatic carbocycles. The van der Waals surface area contributed by atoms with Crippen LogP contribution in [0.4, 0.5) is 0 Å². The Labute approximate surface area is 111 Å². The molecule has 3 nitrogen and oxygen atoms in total. The quantitative estimate of drug-likeness (QED) is 0.828. The molecular weight excluding hydrogens is 240 g/mol. The molecule has 0 saturated carbocycles. The van der Waals surface area contributed by atoms with Gasteiger partial charge in [-0.3, -0.25) is 0 Å². The SMILES string of the molecule is O=C(O)C=CCc1ccccc1Oc1ccccc1. The minimum Gasteiger partial charge on any atom is -0.478 e. The van der Waals surface area contributed by atoms with Crippen LogP contribution in [0, 0.1) is 0 Å². The smallest absolute Gasteiger partial charge is 0.327 e. The van der Waals surface area contributed by atoms with Gasteiger partial charge in [0.05, 0.1) is 0 Å². The van der Waals surface area contributed by atoms with Gasteiger partial charge in [-0.1, -0.05) is 42.5 Å². The molecule has 0 amide bonds. The number of hydrogen-bond acceptors (Lipinski definition) is 2. The molecule has 0 aliphatic rings. The van der Waals surface area contributed by atoms with E-state index >= 15 is 0 Å². The van der Waals surface area contributed by atoms with Crippen LogP contribution in [0.25, 0.3) is 0 Å². The minimum absolute atomic E-state index is 0.523. The third-order valence-corrected chi connectivity index (χ3v) is 2.54. The summed E-state index contributed by atoms with van der Waals surface area (Å²) in [6.07, 6.45) is 3.27. The van der Waals surface area contributed by atoms with Crippen LogP contribution in [0.15, 0.2) is 66.7 Å². The van der Waals surface area contributed by atoms with E-state index in [0.29, 0.717) is 6.42 Å². The van der Waals surface area contributed by atoms with Gasteiger partial charge in [-0.05, 0) is 30.2 Å². The van der Waals surface area contributed by atoms with Crippen molar-refractivity contribution < 1.29 is 14.6 Å². The van der Waals surface area contributed by atoms with Gasteiger partial charge >= 0.3 is 5.97 Å². The molecule has 0 unspecified atom stereocenters. The summed E-state index contributed by atoms with van der Waals surface area (Å²) in [6, 6.07) is 17.1. The van der Waals surface area contributed by atoms with Crippen LogP contribution in [0.5, 0.6) is 11.5 Å². The molecule has 0 saturated heterocycles. The molecule has 3 heteroatoms. The molecule has 2 aromatic rings. The van der Waals surface area contributed by atoms with Crippen LogP contribution < -0.4 is 4.74 Å². The van der Waals surface area contributed by atoms with Gasteiger partial charge in [0.2, 0.25) is 0 Å². The zero-order valence-electron chi connectivity index (χ0n) is 10.3. The number of para-hydroxylation sites is 2. The van der Waals surface area contributed by atoms with Crippen molar-refractivity contribution in [2.24, 2.45) is 0 Å². The van der Waals surface area contributed by atoms with Crippen molar-refractivity contribution in [2.75, 3.05) is 0 Å². The zero-order valence-corrected chi connectivity index (χ0v) is 10.3. The maximum Gasteiger partial charge on any atom is 0.327 e. The Bertz CT molecular complexity index is 574. The molecule has 0 atom stereocenters. The van der Waals surface area contributed by atoms with Crippen molar-refractivity contribution in [3.8, 4) is 11.5 Å². The summed E-state index contributed by atoms with van der Waals surface area (Å²) >= 11 is 0. The van der Waals surface area contributed by atoms with Crippen molar-refractivity contribution >= 4 is 5.97 Å². The first-order valence-electron chi connectivity index (χ1n) is 5.96. The first-order chi connectivity index (χ1) is 9.25. The summed E-state index contributed by atoms with van der Waals surface area (Å²) < 4.78 is 5.79. The molecule has 0 aromatic heterocycles. The van der Waals surface area contributed by atoms with E-state index in [9.17, 15) is 4.79 Å². The highest BCUT2D eigenvalue weighted by Gasteiger charge is 2.02. The van der Waals surface area contributed by atoms with Crippen LogP contribution in [0.3, 0.4) is 0 Å². The van der Waals surface area contributed by atoms with E-state index < -0.39 is 5.97 Å². The number of benzene rings is 2. The number of carboxylic acids is 1. The second kappa shape index (κ2) is 6.40. The summed E-state index contributed by atoms with van der Waals surface area (Å²) in [5, 5.41) is 8.58. The second-order valence-corrected chi connectivity index (χ2v) is 3.97. The highest BCUT2D eigenvalue weighted by Crippen LogP contribution is 2.25. The summed E-state index contributed by atoms with van der Waals surface area (Å²) in [4.78, 5) is 10.4. The number of hydrogen-bond donors (Lipinski definition) is 1. The Morgan fingerprint density at radius 2 is 1.74 bits per heavy atom. The lowest BCUT2D eigenvalue weighted by Crippen LogP contribution is -1.92. The summed E-state index contributed by atoms with van der Waals surface area (Å²) in [6.45, 7) is 0. The van der Waals surface area contributed by atoms with E-state index in [0.717, 1.165) is 23.1 Å². The van der Waals surface area contributed by atoms with Gasteiger partial charge in [0.15, 0.2) is 0 Å². The normalized spacial score (nSPS) is 10.5. The van der Waals surface area contributed by atoms with Gasteiger partial charge < -0.3 is 9.84 Å². The van der Waals surface area contributed by atoms with Gasteiger partial charge in [-0.25, -0.2) is 4.79 Å². The van der Waals surface area contributed by atoms with Gasteiger partial charge in [0, 0.05) is 6.08 Å². The maximum atomic E-state index is 10.4. The Kier molecular flexibility index (Phi) is 4.34. The monoisotopic (exact) mass is 254 g/mol. The molecule has 1 N–H and O–H groups in total. The molecule has 0 aliphatic heterocycles. The number of rotatable bonds is 5. The Morgan fingerprint density at radius 1 is 1.05 bits per heavy atom. The van der Waals surface area contributed by atoms with Gasteiger partial charge in [-0.2, -0.15) is 0 Å². The lowest BCUT2D eigenvalue weighted by atomic mass is 10.1. The number of carbonyl (C=O) groups is 1. The van der Waals surface area contributed by atoms with E-state index in [-0.39, 0.29) is 0 Å². The molecule has 0 heterocycles. The molecular formula is C16H14O3. The highest BCUT2D eigenvalue weighted by atomic mass is 16.5. The molecule has 0 radical (unpaired) electrons. The molecule has 0 spiro atoms. The summed E-state index contributed by atoms with van der Waals surface area (Å²) in [5.74, 6) is 0.558. The van der Waals surface area contributed by atoms with E-state index in [1.807, 2.05) is 54.6 Å². The molecule has 19 heavy (non-hydrogen) atoms. The standard InChI is InChI=1S/C16H14O3/c17-16(18)12-6-8-13-7-4-5-11-15(13)19-14-9-2-1-3-10-14/h1-7,9-12H,8H2,(H,17,18). The average molecular weight is 254 g/mol. The Morgan fingerprint density at radius 3 is 2.47 bits per heavy atom. The highest BCUT2D eigenvalue weighted by molar-refractivity contribution is 5.79. The molecule has 2 rings (SSSR count). The molecule has 2 aromatic carbocycles. The van der Waals surface area contributed by atoms with E-state index in [1.165, 1.54) is 0 Å². The van der Waals surface area contributed by atoms with Crippen LogP contribution >= 0.6 is 0 Å². The third-order valence-electron chi connectivity index (χ3n) is 2.54. The van der Waals surface area contributed by atoms with E-state index in [1.54, 1.807) is 6.08 Å². The maximum absolute atomic E-state index is 10.4. The summed E-state index contributed by atoms with van der Waals surface area (Å²) in [5.41, 5.74) is 0.948. The van der Waals surface area contributed by atoms with Crippen LogP contribution in [-0.4, -0.2) is 11.1 Å². The zero-order chi connectivity index (χ0) is 13.5. The molecule has 0 bridgehead atoms. The van der Waals surface area contributed by atoms with Gasteiger partial charge in [0.25, 0.3) is 0 Å². The van der Waals surface area contributed by atoms with Crippen molar-refractivity contribution in [1.82, 2.24) is 0 Å². The van der Waals surface area contributed by atoms with Crippen molar-refractivity contribution in [1.29, 1.82) is 0 Å². The summed E-state index contributed by atoms with van der Waals surface area (Å²) in [7, 11) is 0. The second-order valence-electron chi connectivity index (χ2n) is 3.97. The van der Waals surface area contributed by atoms with E-state index in [4.69, 9.17) is 9.84 Å². The van der Waals surface area contributed by atoms with Crippen molar-refractivity contribution in [3.63, 3.8) is 0 Å². The first kappa shape index (κ1) is 12.9. The minimum atomic E-state index is -0.943. The molecule has 96 valence electrons. The largest absolute Gasteiger partial charge is 0.478 e. The fourth-order valence-electron chi connectivity index (χ4n) is 1.67. The van der Waals surface area contributed by atoms with Crippen molar-refractivity contribution in [2.45, 2.75) is 6.42 Å². The third kappa shape index (κ3) is 4.00. The van der Waals surface area contributed by atoms with Crippen molar-refractivity contribution in [3.05, 3.63) is 72.3 Å². The van der Waals surface area contributed by atoms with Crippen LogP contribution in [0.2, 0.25) is 0 Å². The van der Waals surface area contributed by atoms with Crippen LogP contribution in [-0.2, 0) is 11.2 Å². The van der Waals surface area contributed by atoms with E-state index in [2.05, 4.69) is 0 Å². The Balaban J connectivity index is 2.14. The average Bonchev–Trinajstić information content (AvgIpc) is 2.41. The lowest BCUT2D eigenvalue weighted by Gasteiger charge is -2.09. The number of allylic oxidation sites excluding steroid dienone is 1. The van der Waals surface area contributed by atoms with Gasteiger partial charge in [-0.15, -0.1) is 0 Å². The molecule has 0 fully saturated rings. The van der Waals surface area contributed by atoms with Crippen LogP contribution in [0.1, 0.15) is 5.56 Å². The van der Waals surface area contributed by atoms with Gasteiger partial charge in [0.1, 0.15) is 11.5 Å². The fraction of sp³-hybridized carbons (Fsp3) is 0.0625. The lowest BCUT2D eigenvalue weighted by molar-refractivity contribution is -0.131. The fourth-order valence-corrected chi connectivity index (χ4v) is 1.67. The topological polar surface area (TPSA) is 46.5 Å².